The molecule has 0 saturated heterocycles. The van der Waals surface area contributed by atoms with Crippen molar-refractivity contribution in [3.63, 3.8) is 0 Å². The molecule has 0 atom stereocenters. The highest BCUT2D eigenvalue weighted by molar-refractivity contribution is 6.06. The molecule has 1 N–H and O–H groups in total. The summed E-state index contributed by atoms with van der Waals surface area (Å²) in [6.07, 6.45) is 0. The standard InChI is InChI=1S/C25H25N3O7/c1-7-32-25(31)20-12(3)22(26-13(20)4)19(29)10-33-24(30)17-9-18(16-8-11(2)34-15(16)6)27-23-21(17)14(5)28-35-23/h8-9,26H,7,10H2,1-6H3. The van der Waals surface area contributed by atoms with Gasteiger partial charge < -0.3 is 23.4 Å². The third-order valence-corrected chi connectivity index (χ3v) is 5.68. The first-order chi connectivity index (χ1) is 16.6. The number of rotatable bonds is 7. The van der Waals surface area contributed by atoms with E-state index in [4.69, 9.17) is 18.4 Å². The number of hydrogen-bond acceptors (Lipinski definition) is 9. The smallest absolute Gasteiger partial charge is 0.340 e. The molecule has 4 aromatic heterocycles. The van der Waals surface area contributed by atoms with Gasteiger partial charge in [0.25, 0.3) is 5.71 Å². The topological polar surface area (TPSA) is 138 Å². The van der Waals surface area contributed by atoms with Gasteiger partial charge in [-0.15, -0.1) is 0 Å². The molecule has 35 heavy (non-hydrogen) atoms. The van der Waals surface area contributed by atoms with Crippen molar-refractivity contribution >= 4 is 28.8 Å². The molecular formula is C25H25N3O7. The summed E-state index contributed by atoms with van der Waals surface area (Å²) in [5.41, 5.74) is 3.39. The van der Waals surface area contributed by atoms with Crippen LogP contribution in [-0.4, -0.2) is 46.1 Å². The fourth-order valence-electron chi connectivity index (χ4n) is 4.10. The Kier molecular flexibility index (Phi) is 6.29. The van der Waals surface area contributed by atoms with Crippen LogP contribution in [-0.2, 0) is 9.47 Å². The molecule has 4 heterocycles. The molecule has 4 rings (SSSR count). The minimum atomic E-state index is -0.734. The average Bonchev–Trinajstić information content (AvgIpc) is 3.45. The van der Waals surface area contributed by atoms with Crippen LogP contribution in [0.4, 0.5) is 0 Å². The minimum Gasteiger partial charge on any atom is -0.466 e. The van der Waals surface area contributed by atoms with E-state index >= 15 is 0 Å². The number of nitrogens with one attached hydrogen (secondary N) is 1. The maximum atomic E-state index is 13.1. The third kappa shape index (κ3) is 4.34. The number of pyridine rings is 1. The summed E-state index contributed by atoms with van der Waals surface area (Å²) in [7, 11) is 0. The highest BCUT2D eigenvalue weighted by Crippen LogP contribution is 2.31. The van der Waals surface area contributed by atoms with E-state index in [0.717, 1.165) is 0 Å². The van der Waals surface area contributed by atoms with Gasteiger partial charge in [0.2, 0.25) is 5.78 Å². The average molecular weight is 479 g/mol. The number of nitrogens with zero attached hydrogens (tertiary/aromatic N) is 2. The van der Waals surface area contributed by atoms with Crippen LogP contribution in [0.1, 0.15) is 66.6 Å². The van der Waals surface area contributed by atoms with Crippen LogP contribution < -0.4 is 0 Å². The number of aromatic nitrogens is 3. The van der Waals surface area contributed by atoms with E-state index in [0.29, 0.717) is 50.7 Å². The lowest BCUT2D eigenvalue weighted by molar-refractivity contribution is 0.0474. The fourth-order valence-corrected chi connectivity index (χ4v) is 4.10. The number of furan rings is 1. The van der Waals surface area contributed by atoms with E-state index < -0.39 is 24.3 Å². The molecule has 0 aliphatic rings. The van der Waals surface area contributed by atoms with E-state index in [9.17, 15) is 14.4 Å². The van der Waals surface area contributed by atoms with Crippen LogP contribution in [0.15, 0.2) is 21.1 Å². The minimum absolute atomic E-state index is 0.168. The Labute approximate surface area is 200 Å². The Morgan fingerprint density at radius 2 is 1.77 bits per heavy atom. The molecule has 0 spiro atoms. The largest absolute Gasteiger partial charge is 0.466 e. The lowest BCUT2D eigenvalue weighted by atomic mass is 10.1. The molecule has 0 aliphatic heterocycles. The van der Waals surface area contributed by atoms with Gasteiger partial charge in [-0.25, -0.2) is 14.6 Å². The van der Waals surface area contributed by atoms with Crippen molar-refractivity contribution in [2.24, 2.45) is 0 Å². The van der Waals surface area contributed by atoms with Gasteiger partial charge in [-0.3, -0.25) is 4.79 Å². The summed E-state index contributed by atoms with van der Waals surface area (Å²) in [5.74, 6) is -0.406. The van der Waals surface area contributed by atoms with E-state index in [-0.39, 0.29) is 23.6 Å². The van der Waals surface area contributed by atoms with Crippen molar-refractivity contribution in [2.75, 3.05) is 13.2 Å². The van der Waals surface area contributed by atoms with Gasteiger partial charge in [-0.2, -0.15) is 0 Å². The number of carbonyl (C=O) groups excluding carboxylic acids is 3. The highest BCUT2D eigenvalue weighted by atomic mass is 16.5. The van der Waals surface area contributed by atoms with Gasteiger partial charge in [-0.1, -0.05) is 5.16 Å². The van der Waals surface area contributed by atoms with Gasteiger partial charge in [0, 0.05) is 11.3 Å². The molecule has 10 heteroatoms. The lowest BCUT2D eigenvalue weighted by Gasteiger charge is -2.07. The van der Waals surface area contributed by atoms with Crippen LogP contribution in [0.2, 0.25) is 0 Å². The zero-order valence-corrected chi connectivity index (χ0v) is 20.3. The SMILES string of the molecule is CCOC(=O)c1c(C)[nH]c(C(=O)COC(=O)c2cc(-c3cc(C)oc3C)nc3onc(C)c23)c1C. The number of carbonyl (C=O) groups is 3. The van der Waals surface area contributed by atoms with Gasteiger partial charge in [0.05, 0.1) is 40.2 Å². The maximum Gasteiger partial charge on any atom is 0.340 e. The predicted molar refractivity (Wildman–Crippen MR) is 125 cm³/mol. The van der Waals surface area contributed by atoms with Gasteiger partial charge in [0.1, 0.15) is 11.5 Å². The van der Waals surface area contributed by atoms with Crippen LogP contribution in [0.5, 0.6) is 0 Å². The molecule has 10 nitrogen and oxygen atoms in total. The van der Waals surface area contributed by atoms with Crippen molar-refractivity contribution in [1.82, 2.24) is 15.1 Å². The number of ketones is 1. The zero-order valence-electron chi connectivity index (χ0n) is 20.3. The van der Waals surface area contributed by atoms with Gasteiger partial charge >= 0.3 is 11.9 Å². The molecule has 0 aromatic carbocycles. The van der Waals surface area contributed by atoms with Crippen molar-refractivity contribution in [1.29, 1.82) is 0 Å². The molecule has 182 valence electrons. The second-order valence-electron chi connectivity index (χ2n) is 8.17. The second kappa shape index (κ2) is 9.21. The molecule has 0 saturated carbocycles. The predicted octanol–water partition coefficient (Wildman–Crippen LogP) is 4.57. The Morgan fingerprint density at radius 3 is 2.43 bits per heavy atom. The van der Waals surface area contributed by atoms with Crippen molar-refractivity contribution < 1.29 is 32.8 Å². The zero-order chi connectivity index (χ0) is 25.4. The number of H-pyrrole nitrogens is 1. The van der Waals surface area contributed by atoms with Crippen LogP contribution in [0.3, 0.4) is 0 Å². The van der Waals surface area contributed by atoms with Crippen LogP contribution in [0.25, 0.3) is 22.4 Å². The van der Waals surface area contributed by atoms with E-state index in [1.165, 1.54) is 0 Å². The molecule has 0 aliphatic carbocycles. The maximum absolute atomic E-state index is 13.1. The number of hydrogen-bond donors (Lipinski definition) is 1. The Bertz CT molecular complexity index is 1470. The quantitative estimate of drug-likeness (QED) is 0.298. The van der Waals surface area contributed by atoms with Gasteiger partial charge in [0.15, 0.2) is 6.61 Å². The molecular weight excluding hydrogens is 454 g/mol. The molecule has 0 fully saturated rings. The number of esters is 2. The van der Waals surface area contributed by atoms with Crippen LogP contribution in [0, 0.1) is 34.6 Å². The Morgan fingerprint density at radius 1 is 1.03 bits per heavy atom. The summed E-state index contributed by atoms with van der Waals surface area (Å²) in [5, 5.41) is 4.32. The number of aryl methyl sites for hydroxylation is 4. The second-order valence-corrected chi connectivity index (χ2v) is 8.17. The fraction of sp³-hybridized carbons (Fsp3) is 0.320. The van der Waals surface area contributed by atoms with Crippen LogP contribution >= 0.6 is 0 Å². The summed E-state index contributed by atoms with van der Waals surface area (Å²) >= 11 is 0. The third-order valence-electron chi connectivity index (χ3n) is 5.68. The van der Waals surface area contributed by atoms with Crippen molar-refractivity contribution in [2.45, 2.75) is 41.5 Å². The Balaban J connectivity index is 1.62. The van der Waals surface area contributed by atoms with E-state index in [1.807, 2.05) is 13.0 Å². The number of Topliss-reactive ketones (excluding diaryl/α,β-unsaturated/α-hetero) is 1. The van der Waals surface area contributed by atoms with Crippen molar-refractivity contribution in [3.8, 4) is 11.3 Å². The van der Waals surface area contributed by atoms with E-state index in [2.05, 4.69) is 15.1 Å². The first-order valence-corrected chi connectivity index (χ1v) is 11.0. The van der Waals surface area contributed by atoms with Gasteiger partial charge in [-0.05, 0) is 59.2 Å². The summed E-state index contributed by atoms with van der Waals surface area (Å²) < 4.78 is 21.3. The summed E-state index contributed by atoms with van der Waals surface area (Å²) in [4.78, 5) is 45.5. The van der Waals surface area contributed by atoms with E-state index in [1.54, 1.807) is 40.7 Å². The lowest BCUT2D eigenvalue weighted by Crippen LogP contribution is -2.16. The first-order valence-electron chi connectivity index (χ1n) is 11.0. The summed E-state index contributed by atoms with van der Waals surface area (Å²) in [6, 6.07) is 3.38. The highest BCUT2D eigenvalue weighted by Gasteiger charge is 2.26. The number of aromatic amines is 1. The Hall–Kier alpha value is -4.21. The molecule has 0 radical (unpaired) electrons. The number of ether oxygens (including phenoxy) is 2. The summed E-state index contributed by atoms with van der Waals surface area (Å²) in [6.45, 7) is 9.99. The van der Waals surface area contributed by atoms with Crippen molar-refractivity contribution in [3.05, 3.63) is 57.4 Å². The molecule has 4 aromatic rings. The number of fused-ring (bicyclic) bond motifs is 1. The normalized spacial score (nSPS) is 11.1. The molecule has 0 unspecified atom stereocenters. The monoisotopic (exact) mass is 479 g/mol. The molecule has 0 bridgehead atoms. The first kappa shape index (κ1) is 23.9. The molecule has 0 amide bonds.